The molecule has 0 heterocycles. The predicted octanol–water partition coefficient (Wildman–Crippen LogP) is 0.493. The first-order chi connectivity index (χ1) is 8.89. The van der Waals surface area contributed by atoms with Gasteiger partial charge in [-0.2, -0.15) is 0 Å². The second-order valence-electron chi connectivity index (χ2n) is 5.20. The number of aliphatic imine (C=N–C) groups is 1. The first kappa shape index (κ1) is 17.7. The van der Waals surface area contributed by atoms with Crippen LogP contribution in [0.5, 0.6) is 0 Å². The molecule has 0 fully saturated rings. The molecular formula is C13H28N4O2. The Bertz CT molecular complexity index is 285. The van der Waals surface area contributed by atoms with E-state index >= 15 is 0 Å². The number of carbonyl (C=O) groups excluding carboxylic acids is 1. The largest absolute Gasteiger partial charge is 0.382 e. The van der Waals surface area contributed by atoms with Crippen molar-refractivity contribution in [3.05, 3.63) is 0 Å². The highest BCUT2D eigenvalue weighted by molar-refractivity contribution is 5.86. The molecule has 0 radical (unpaired) electrons. The van der Waals surface area contributed by atoms with Gasteiger partial charge in [-0.1, -0.05) is 0 Å². The Morgan fingerprint density at radius 2 is 1.95 bits per heavy atom. The van der Waals surface area contributed by atoms with Crippen molar-refractivity contribution in [1.29, 1.82) is 0 Å². The van der Waals surface area contributed by atoms with Crippen molar-refractivity contribution in [3.63, 3.8) is 0 Å². The third kappa shape index (κ3) is 11.5. The van der Waals surface area contributed by atoms with Crippen LogP contribution in [0.3, 0.4) is 0 Å². The van der Waals surface area contributed by atoms with Gasteiger partial charge in [-0.05, 0) is 34.1 Å². The average molecular weight is 272 g/mol. The van der Waals surface area contributed by atoms with E-state index in [2.05, 4.69) is 20.9 Å². The van der Waals surface area contributed by atoms with Crippen LogP contribution in [0.1, 0.15) is 34.1 Å². The van der Waals surface area contributed by atoms with Gasteiger partial charge in [0.15, 0.2) is 5.96 Å². The van der Waals surface area contributed by atoms with E-state index in [0.29, 0.717) is 5.96 Å². The highest BCUT2D eigenvalue weighted by Gasteiger charge is 2.13. The zero-order valence-electron chi connectivity index (χ0n) is 12.8. The molecule has 6 nitrogen and oxygen atoms in total. The summed E-state index contributed by atoms with van der Waals surface area (Å²) in [6, 6.07) is 0. The van der Waals surface area contributed by atoms with Crippen LogP contribution in [0, 0.1) is 0 Å². The molecule has 112 valence electrons. The number of guanidine groups is 1. The summed E-state index contributed by atoms with van der Waals surface area (Å²) < 4.78 is 5.24. The van der Waals surface area contributed by atoms with Crippen molar-refractivity contribution in [2.24, 2.45) is 4.99 Å². The molecule has 0 aliphatic rings. The standard InChI is InChI=1S/C13H28N4O2/c1-6-19-9-7-8-15-12(14-5)16-10-11(18)17-13(2,3)4/h6-10H2,1-5H3,(H,17,18)(H2,14,15,16). The quantitative estimate of drug-likeness (QED) is 0.358. The molecule has 0 aromatic carbocycles. The minimum atomic E-state index is -0.215. The molecule has 0 aromatic rings. The summed E-state index contributed by atoms with van der Waals surface area (Å²) in [5, 5.41) is 8.97. The first-order valence-electron chi connectivity index (χ1n) is 6.72. The zero-order valence-corrected chi connectivity index (χ0v) is 12.8. The molecule has 0 bridgehead atoms. The molecule has 0 saturated heterocycles. The predicted molar refractivity (Wildman–Crippen MR) is 78.4 cm³/mol. The smallest absolute Gasteiger partial charge is 0.239 e. The van der Waals surface area contributed by atoms with Crippen LogP contribution in [0.4, 0.5) is 0 Å². The number of nitrogens with zero attached hydrogens (tertiary/aromatic N) is 1. The van der Waals surface area contributed by atoms with Crippen molar-refractivity contribution < 1.29 is 9.53 Å². The Morgan fingerprint density at radius 3 is 2.47 bits per heavy atom. The highest BCUT2D eigenvalue weighted by Crippen LogP contribution is 1.96. The fourth-order valence-corrected chi connectivity index (χ4v) is 1.37. The van der Waals surface area contributed by atoms with E-state index in [4.69, 9.17) is 4.74 Å². The maximum absolute atomic E-state index is 11.6. The number of rotatable bonds is 7. The van der Waals surface area contributed by atoms with Gasteiger partial charge in [-0.3, -0.25) is 9.79 Å². The molecule has 3 N–H and O–H groups in total. The van der Waals surface area contributed by atoms with E-state index < -0.39 is 0 Å². The van der Waals surface area contributed by atoms with Crippen LogP contribution in [-0.4, -0.2) is 50.8 Å². The topological polar surface area (TPSA) is 74.8 Å². The molecule has 0 saturated carbocycles. The van der Waals surface area contributed by atoms with Gasteiger partial charge in [0.1, 0.15) is 0 Å². The van der Waals surface area contributed by atoms with Gasteiger partial charge in [0.05, 0.1) is 6.54 Å². The fourth-order valence-electron chi connectivity index (χ4n) is 1.37. The van der Waals surface area contributed by atoms with Crippen LogP contribution in [-0.2, 0) is 9.53 Å². The van der Waals surface area contributed by atoms with Crippen molar-refractivity contribution in [3.8, 4) is 0 Å². The molecule has 0 aliphatic carbocycles. The van der Waals surface area contributed by atoms with Gasteiger partial charge in [-0.15, -0.1) is 0 Å². The van der Waals surface area contributed by atoms with Crippen LogP contribution in [0.25, 0.3) is 0 Å². The lowest BCUT2D eigenvalue weighted by molar-refractivity contribution is -0.121. The van der Waals surface area contributed by atoms with E-state index in [1.54, 1.807) is 7.05 Å². The maximum Gasteiger partial charge on any atom is 0.239 e. The number of nitrogens with one attached hydrogen (secondary N) is 3. The third-order valence-corrected chi connectivity index (χ3v) is 2.12. The second kappa shape index (κ2) is 9.61. The molecule has 0 aliphatic heterocycles. The summed E-state index contributed by atoms with van der Waals surface area (Å²) in [5.74, 6) is 0.574. The summed E-state index contributed by atoms with van der Waals surface area (Å²) >= 11 is 0. The normalized spacial score (nSPS) is 12.2. The minimum absolute atomic E-state index is 0.0511. The Morgan fingerprint density at radius 1 is 1.26 bits per heavy atom. The molecule has 1 amide bonds. The van der Waals surface area contributed by atoms with Crippen molar-refractivity contribution in [1.82, 2.24) is 16.0 Å². The Labute approximate surface area is 116 Å². The van der Waals surface area contributed by atoms with E-state index in [0.717, 1.165) is 26.2 Å². The van der Waals surface area contributed by atoms with Gasteiger partial charge in [0, 0.05) is 32.3 Å². The number of hydrogen-bond donors (Lipinski definition) is 3. The van der Waals surface area contributed by atoms with Crippen LogP contribution in [0.2, 0.25) is 0 Å². The summed E-state index contributed by atoms with van der Waals surface area (Å²) in [4.78, 5) is 15.7. The Hall–Kier alpha value is -1.30. The monoisotopic (exact) mass is 272 g/mol. The number of ether oxygens (including phenoxy) is 1. The lowest BCUT2D eigenvalue weighted by Crippen LogP contribution is -2.48. The fraction of sp³-hybridized carbons (Fsp3) is 0.846. The third-order valence-electron chi connectivity index (χ3n) is 2.12. The number of amides is 1. The maximum atomic E-state index is 11.6. The summed E-state index contributed by atoms with van der Waals surface area (Å²) in [6.07, 6.45) is 0.905. The van der Waals surface area contributed by atoms with Crippen LogP contribution in [0.15, 0.2) is 4.99 Å². The molecule has 0 spiro atoms. The van der Waals surface area contributed by atoms with Gasteiger partial charge < -0.3 is 20.7 Å². The molecule has 0 atom stereocenters. The van der Waals surface area contributed by atoms with E-state index in [9.17, 15) is 4.79 Å². The van der Waals surface area contributed by atoms with Crippen molar-refractivity contribution >= 4 is 11.9 Å². The first-order valence-corrected chi connectivity index (χ1v) is 6.72. The molecular weight excluding hydrogens is 244 g/mol. The van der Waals surface area contributed by atoms with Gasteiger partial charge in [0.2, 0.25) is 5.91 Å². The molecule has 19 heavy (non-hydrogen) atoms. The lowest BCUT2D eigenvalue weighted by atomic mass is 10.1. The lowest BCUT2D eigenvalue weighted by Gasteiger charge is -2.21. The van der Waals surface area contributed by atoms with Gasteiger partial charge in [0.25, 0.3) is 0 Å². The molecule has 0 rings (SSSR count). The summed E-state index contributed by atoms with van der Waals surface area (Å²) in [6.45, 7) is 10.3. The Balaban J connectivity index is 3.79. The average Bonchev–Trinajstić information content (AvgIpc) is 2.30. The summed E-state index contributed by atoms with van der Waals surface area (Å²) in [7, 11) is 1.68. The van der Waals surface area contributed by atoms with Crippen LogP contribution < -0.4 is 16.0 Å². The number of hydrogen-bond acceptors (Lipinski definition) is 3. The minimum Gasteiger partial charge on any atom is -0.382 e. The SMILES string of the molecule is CCOCCCNC(=NC)NCC(=O)NC(C)(C)C. The second-order valence-corrected chi connectivity index (χ2v) is 5.20. The highest BCUT2D eigenvalue weighted by atomic mass is 16.5. The van der Waals surface area contributed by atoms with E-state index in [-0.39, 0.29) is 18.0 Å². The van der Waals surface area contributed by atoms with Gasteiger partial charge >= 0.3 is 0 Å². The Kier molecular flexibility index (Phi) is 8.95. The van der Waals surface area contributed by atoms with Crippen LogP contribution >= 0.6 is 0 Å². The van der Waals surface area contributed by atoms with Crippen molar-refractivity contribution in [2.75, 3.05) is 33.4 Å². The van der Waals surface area contributed by atoms with E-state index in [1.165, 1.54) is 0 Å². The van der Waals surface area contributed by atoms with E-state index in [1.807, 2.05) is 27.7 Å². The van der Waals surface area contributed by atoms with Crippen molar-refractivity contribution in [2.45, 2.75) is 39.7 Å². The molecule has 0 aromatic heterocycles. The van der Waals surface area contributed by atoms with Gasteiger partial charge in [-0.25, -0.2) is 0 Å². The zero-order chi connectivity index (χ0) is 14.7. The summed E-state index contributed by atoms with van der Waals surface area (Å²) in [5.41, 5.74) is -0.215. The molecule has 6 heteroatoms. The molecule has 0 unspecified atom stereocenters. The number of carbonyl (C=O) groups is 1.